The van der Waals surface area contributed by atoms with Crippen molar-refractivity contribution in [1.82, 2.24) is 9.78 Å². The summed E-state index contributed by atoms with van der Waals surface area (Å²) in [6, 6.07) is 0.214. The van der Waals surface area contributed by atoms with Gasteiger partial charge in [0.2, 0.25) is 0 Å². The number of carbonyl (C=O) groups excluding carboxylic acids is 1. The third-order valence-electron chi connectivity index (χ3n) is 2.17. The third-order valence-corrected chi connectivity index (χ3v) is 2.63. The zero-order valence-electron chi connectivity index (χ0n) is 8.04. The summed E-state index contributed by atoms with van der Waals surface area (Å²) in [5, 5.41) is 4.67. The smallest absolute Gasteiger partial charge is 0.169 e. The van der Waals surface area contributed by atoms with Gasteiger partial charge in [-0.15, -0.1) is 0 Å². The molecule has 0 saturated carbocycles. The molecule has 0 fully saturated rings. The molecule has 3 nitrogen and oxygen atoms in total. The molecular weight excluding hydrogens is 188 g/mol. The fourth-order valence-electron chi connectivity index (χ4n) is 1.16. The van der Waals surface area contributed by atoms with Gasteiger partial charge in [0.1, 0.15) is 5.69 Å². The fourth-order valence-corrected chi connectivity index (χ4v) is 1.33. The Bertz CT molecular complexity index is 320. The lowest BCUT2D eigenvalue weighted by molar-refractivity contribution is 0.111. The summed E-state index contributed by atoms with van der Waals surface area (Å²) in [7, 11) is 0. The average molecular weight is 201 g/mol. The van der Waals surface area contributed by atoms with E-state index in [1.165, 1.54) is 0 Å². The van der Waals surface area contributed by atoms with Crippen LogP contribution in [0.2, 0.25) is 5.02 Å². The summed E-state index contributed by atoms with van der Waals surface area (Å²) >= 11 is 5.90. The molecule has 0 aliphatic rings. The van der Waals surface area contributed by atoms with Crippen LogP contribution in [0.4, 0.5) is 0 Å². The summed E-state index contributed by atoms with van der Waals surface area (Å²) < 4.78 is 1.69. The minimum atomic E-state index is 0.214. The lowest BCUT2D eigenvalue weighted by Crippen LogP contribution is -2.09. The number of hydrogen-bond acceptors (Lipinski definition) is 2. The molecule has 0 aliphatic carbocycles. The lowest BCUT2D eigenvalue weighted by atomic mass is 10.2. The molecule has 1 aromatic heterocycles. The van der Waals surface area contributed by atoms with E-state index in [0.717, 1.165) is 12.7 Å². The van der Waals surface area contributed by atoms with E-state index >= 15 is 0 Å². The van der Waals surface area contributed by atoms with Gasteiger partial charge in [0.25, 0.3) is 0 Å². The van der Waals surface area contributed by atoms with Crippen molar-refractivity contribution in [1.29, 1.82) is 0 Å². The van der Waals surface area contributed by atoms with Crippen LogP contribution in [0.1, 0.15) is 42.5 Å². The molecular formula is C9H13ClN2O. The highest BCUT2D eigenvalue weighted by Gasteiger charge is 2.15. The highest BCUT2D eigenvalue weighted by molar-refractivity contribution is 6.33. The molecule has 0 bridgehead atoms. The van der Waals surface area contributed by atoms with Crippen LogP contribution in [0.3, 0.4) is 0 Å². The van der Waals surface area contributed by atoms with Crippen molar-refractivity contribution in [2.75, 3.05) is 0 Å². The summed E-state index contributed by atoms with van der Waals surface area (Å²) in [5.41, 5.74) is 1.19. The number of halogens is 1. The second kappa shape index (κ2) is 3.92. The van der Waals surface area contributed by atoms with Gasteiger partial charge in [-0.1, -0.05) is 18.5 Å². The molecule has 1 unspecified atom stereocenters. The SMILES string of the molecule is CCC(C)n1nc(C)c(Cl)c1C=O. The molecule has 0 aromatic carbocycles. The molecule has 4 heteroatoms. The van der Waals surface area contributed by atoms with Crippen molar-refractivity contribution < 1.29 is 4.79 Å². The summed E-state index contributed by atoms with van der Waals surface area (Å²) in [4.78, 5) is 10.7. The molecule has 1 aromatic rings. The Balaban J connectivity index is 3.20. The van der Waals surface area contributed by atoms with Crippen LogP contribution < -0.4 is 0 Å². The van der Waals surface area contributed by atoms with Crippen molar-refractivity contribution in [3.8, 4) is 0 Å². The zero-order valence-corrected chi connectivity index (χ0v) is 8.80. The summed E-state index contributed by atoms with van der Waals surface area (Å²) in [6.45, 7) is 5.86. The maximum absolute atomic E-state index is 10.7. The number of rotatable bonds is 3. The van der Waals surface area contributed by atoms with Crippen LogP contribution >= 0.6 is 11.6 Å². The first-order chi connectivity index (χ1) is 6.11. The number of carbonyl (C=O) groups is 1. The number of nitrogens with zero attached hydrogens (tertiary/aromatic N) is 2. The van der Waals surface area contributed by atoms with Crippen LogP contribution in [0, 0.1) is 6.92 Å². The fraction of sp³-hybridized carbons (Fsp3) is 0.556. The van der Waals surface area contributed by atoms with E-state index in [-0.39, 0.29) is 6.04 Å². The number of aldehydes is 1. The van der Waals surface area contributed by atoms with Crippen LogP contribution in [-0.2, 0) is 0 Å². The topological polar surface area (TPSA) is 34.9 Å². The highest BCUT2D eigenvalue weighted by Crippen LogP contribution is 2.22. The maximum atomic E-state index is 10.7. The van der Waals surface area contributed by atoms with Gasteiger partial charge in [-0.2, -0.15) is 5.10 Å². The maximum Gasteiger partial charge on any atom is 0.169 e. The first-order valence-corrected chi connectivity index (χ1v) is 4.69. The van der Waals surface area contributed by atoms with Crippen molar-refractivity contribution >= 4 is 17.9 Å². The Morgan fingerprint density at radius 1 is 1.69 bits per heavy atom. The van der Waals surface area contributed by atoms with Crippen LogP contribution in [0.5, 0.6) is 0 Å². The van der Waals surface area contributed by atoms with Gasteiger partial charge in [0.05, 0.1) is 10.7 Å². The monoisotopic (exact) mass is 200 g/mol. The van der Waals surface area contributed by atoms with Crippen molar-refractivity contribution in [3.05, 3.63) is 16.4 Å². The molecule has 72 valence electrons. The third kappa shape index (κ3) is 1.75. The summed E-state index contributed by atoms with van der Waals surface area (Å²) in [5.74, 6) is 0. The Morgan fingerprint density at radius 3 is 2.77 bits per heavy atom. The molecule has 1 rings (SSSR count). The van der Waals surface area contributed by atoms with E-state index in [9.17, 15) is 4.79 Å². The molecule has 13 heavy (non-hydrogen) atoms. The van der Waals surface area contributed by atoms with Crippen LogP contribution in [-0.4, -0.2) is 16.1 Å². The Morgan fingerprint density at radius 2 is 2.31 bits per heavy atom. The molecule has 0 radical (unpaired) electrons. The number of aromatic nitrogens is 2. The van der Waals surface area contributed by atoms with E-state index in [1.54, 1.807) is 11.6 Å². The van der Waals surface area contributed by atoms with Gasteiger partial charge in [-0.25, -0.2) is 0 Å². The van der Waals surface area contributed by atoms with Crippen LogP contribution in [0.15, 0.2) is 0 Å². The number of hydrogen-bond donors (Lipinski definition) is 0. The Labute approximate surface area is 82.7 Å². The normalized spacial score (nSPS) is 12.9. The first kappa shape index (κ1) is 10.3. The number of aryl methyl sites for hydroxylation is 1. The second-order valence-corrected chi connectivity index (χ2v) is 3.48. The van der Waals surface area contributed by atoms with Crippen molar-refractivity contribution in [2.24, 2.45) is 0 Å². The quantitative estimate of drug-likeness (QED) is 0.704. The Kier molecular flexibility index (Phi) is 3.09. The first-order valence-electron chi connectivity index (χ1n) is 4.31. The molecule has 0 spiro atoms. The van der Waals surface area contributed by atoms with E-state index in [0.29, 0.717) is 16.4 Å². The lowest BCUT2D eigenvalue weighted by Gasteiger charge is -2.10. The molecule has 0 saturated heterocycles. The molecule has 1 atom stereocenters. The second-order valence-electron chi connectivity index (χ2n) is 3.10. The Hall–Kier alpha value is -0.830. The van der Waals surface area contributed by atoms with Gasteiger partial charge in [-0.05, 0) is 20.3 Å². The van der Waals surface area contributed by atoms with Gasteiger partial charge in [0.15, 0.2) is 6.29 Å². The molecule has 0 N–H and O–H groups in total. The van der Waals surface area contributed by atoms with Crippen LogP contribution in [0.25, 0.3) is 0 Å². The average Bonchev–Trinajstić information content (AvgIpc) is 2.42. The van der Waals surface area contributed by atoms with Gasteiger partial charge >= 0.3 is 0 Å². The molecule has 0 aliphatic heterocycles. The highest BCUT2D eigenvalue weighted by atomic mass is 35.5. The minimum Gasteiger partial charge on any atom is -0.296 e. The van der Waals surface area contributed by atoms with Crippen molar-refractivity contribution in [3.63, 3.8) is 0 Å². The van der Waals surface area contributed by atoms with E-state index in [4.69, 9.17) is 11.6 Å². The molecule has 0 amide bonds. The predicted octanol–water partition coefficient (Wildman–Crippen LogP) is 2.63. The van der Waals surface area contributed by atoms with E-state index in [2.05, 4.69) is 5.10 Å². The zero-order chi connectivity index (χ0) is 10.0. The predicted molar refractivity (Wildman–Crippen MR) is 52.4 cm³/mol. The standard InChI is InChI=1S/C9H13ClN2O/c1-4-6(2)12-8(5-13)9(10)7(3)11-12/h5-6H,4H2,1-3H3. The van der Waals surface area contributed by atoms with Gasteiger partial charge in [0, 0.05) is 6.04 Å². The molecule has 1 heterocycles. The van der Waals surface area contributed by atoms with E-state index < -0.39 is 0 Å². The van der Waals surface area contributed by atoms with Crippen molar-refractivity contribution in [2.45, 2.75) is 33.2 Å². The van der Waals surface area contributed by atoms with E-state index in [1.807, 2.05) is 13.8 Å². The summed E-state index contributed by atoms with van der Waals surface area (Å²) in [6.07, 6.45) is 1.69. The van der Waals surface area contributed by atoms with Gasteiger partial charge < -0.3 is 0 Å². The largest absolute Gasteiger partial charge is 0.296 e. The van der Waals surface area contributed by atoms with Gasteiger partial charge in [-0.3, -0.25) is 9.48 Å². The minimum absolute atomic E-state index is 0.214.